The molecule has 0 amide bonds. The van der Waals surface area contributed by atoms with Gasteiger partial charge < -0.3 is 8.36 Å². The quantitative estimate of drug-likeness (QED) is 0.653. The van der Waals surface area contributed by atoms with Crippen LogP contribution in [0.15, 0.2) is 42.6 Å². The lowest BCUT2D eigenvalue weighted by Gasteiger charge is -2.05. The van der Waals surface area contributed by atoms with E-state index in [9.17, 15) is 13.2 Å². The second-order valence-electron chi connectivity index (χ2n) is 5.37. The Balaban J connectivity index is 2.11. The predicted molar refractivity (Wildman–Crippen MR) is 86.1 cm³/mol. The van der Waals surface area contributed by atoms with Gasteiger partial charge in [0.25, 0.3) is 0 Å². The maximum absolute atomic E-state index is 12.9. The Morgan fingerprint density at radius 1 is 1.20 bits per heavy atom. The smallest absolute Gasteiger partial charge is 0.483 e. The van der Waals surface area contributed by atoms with Gasteiger partial charge in [0.15, 0.2) is 17.4 Å². The molecule has 3 rings (SSSR count). The van der Waals surface area contributed by atoms with Crippen LogP contribution in [0.25, 0.3) is 11.5 Å². The lowest BCUT2D eigenvalue weighted by molar-refractivity contribution is -0.141. The first kappa shape index (κ1) is 17.6. The topological polar surface area (TPSA) is 44.9 Å². The van der Waals surface area contributed by atoms with Gasteiger partial charge in [-0.15, -0.1) is 0 Å². The van der Waals surface area contributed by atoms with E-state index < -0.39 is 11.9 Å². The van der Waals surface area contributed by atoms with Crippen molar-refractivity contribution in [3.05, 3.63) is 54.1 Å². The van der Waals surface area contributed by atoms with Crippen molar-refractivity contribution in [1.82, 2.24) is 19.3 Å². The maximum Gasteiger partial charge on any atom is 0.483 e. The first-order valence-corrected chi connectivity index (χ1v) is 8.09. The van der Waals surface area contributed by atoms with E-state index in [1.54, 1.807) is 6.20 Å². The number of para-hydroxylation sites is 1. The van der Waals surface area contributed by atoms with Gasteiger partial charge >= 0.3 is 22.8 Å². The van der Waals surface area contributed by atoms with Crippen LogP contribution in [0.4, 0.5) is 13.2 Å². The lowest BCUT2D eigenvalue weighted by atomic mass is 10.3. The van der Waals surface area contributed by atoms with Crippen LogP contribution >= 0.6 is 0 Å². The zero-order chi connectivity index (χ0) is 18.0. The van der Waals surface area contributed by atoms with Crippen molar-refractivity contribution in [2.24, 2.45) is 0 Å². The molecule has 5 nitrogen and oxygen atoms in total. The molecule has 0 spiro atoms. The van der Waals surface area contributed by atoms with Gasteiger partial charge in [-0.3, -0.25) is 0 Å². The van der Waals surface area contributed by atoms with Gasteiger partial charge in [0.05, 0.1) is 6.20 Å². The molecule has 128 valence electrons. The molecular formula is C16H14AlF3N4O. The van der Waals surface area contributed by atoms with Gasteiger partial charge in [0.1, 0.15) is 5.82 Å². The number of rotatable bonds is 5. The maximum atomic E-state index is 12.9. The third-order valence-corrected chi connectivity index (χ3v) is 3.82. The van der Waals surface area contributed by atoms with Crippen LogP contribution in [-0.2, 0) is 12.6 Å². The Hall–Kier alpha value is -2.24. The zero-order valence-electron chi connectivity index (χ0n) is 13.4. The molecule has 0 aliphatic carbocycles. The van der Waals surface area contributed by atoms with Gasteiger partial charge in [-0.2, -0.15) is 23.0 Å². The molecule has 2 heterocycles. The molecule has 3 aromatic rings. The number of alkyl halides is 3. The van der Waals surface area contributed by atoms with Gasteiger partial charge in [-0.1, -0.05) is 25.1 Å². The molecule has 0 atom stereocenters. The number of hydrogen-bond donors (Lipinski definition) is 0. The Kier molecular flexibility index (Phi) is 4.88. The van der Waals surface area contributed by atoms with Crippen molar-refractivity contribution in [1.29, 1.82) is 0 Å². The molecule has 1 aromatic carbocycles. The molecule has 2 radical (unpaired) electrons. The molecule has 0 saturated heterocycles. The molecule has 0 bridgehead atoms. The molecular weight excluding hydrogens is 348 g/mol. The summed E-state index contributed by atoms with van der Waals surface area (Å²) in [5.41, 5.74) is -0.155. The highest BCUT2D eigenvalue weighted by Gasteiger charge is 2.35. The van der Waals surface area contributed by atoms with Crippen LogP contribution < -0.4 is 3.79 Å². The van der Waals surface area contributed by atoms with Crippen LogP contribution in [-0.4, -0.2) is 36.0 Å². The average Bonchev–Trinajstić information content (AvgIpc) is 3.19. The van der Waals surface area contributed by atoms with Crippen LogP contribution in [0.5, 0.6) is 5.88 Å². The van der Waals surface area contributed by atoms with E-state index in [-0.39, 0.29) is 11.7 Å². The van der Waals surface area contributed by atoms with E-state index in [2.05, 4.69) is 10.1 Å². The van der Waals surface area contributed by atoms with Crippen LogP contribution in [0.1, 0.15) is 24.9 Å². The van der Waals surface area contributed by atoms with Crippen molar-refractivity contribution in [2.45, 2.75) is 25.9 Å². The molecule has 25 heavy (non-hydrogen) atoms. The minimum atomic E-state index is -4.56. The second-order valence-corrected chi connectivity index (χ2v) is 5.60. The highest BCUT2D eigenvalue weighted by molar-refractivity contribution is 5.99. The van der Waals surface area contributed by atoms with Crippen molar-refractivity contribution < 1.29 is 17.0 Å². The Morgan fingerprint density at radius 2 is 1.92 bits per heavy atom. The fourth-order valence-electron chi connectivity index (χ4n) is 2.47. The van der Waals surface area contributed by atoms with Crippen LogP contribution in [0, 0.1) is 0 Å². The summed E-state index contributed by atoms with van der Waals surface area (Å²) in [4.78, 5) is 4.46. The van der Waals surface area contributed by atoms with Crippen LogP contribution in [0.2, 0.25) is 0 Å². The van der Waals surface area contributed by atoms with Gasteiger partial charge in [-0.25, -0.2) is 4.98 Å². The fourth-order valence-corrected chi connectivity index (χ4v) is 2.64. The van der Waals surface area contributed by atoms with E-state index in [1.807, 2.05) is 58.4 Å². The summed E-state index contributed by atoms with van der Waals surface area (Å²) in [5.74, 6) is 0.945. The Bertz CT molecular complexity index is 858. The summed E-state index contributed by atoms with van der Waals surface area (Å²) >= 11 is 1.93. The largest absolute Gasteiger partial charge is 0.640 e. The third-order valence-electron chi connectivity index (χ3n) is 3.58. The first-order chi connectivity index (χ1) is 11.9. The minimum absolute atomic E-state index is 0.0573. The van der Waals surface area contributed by atoms with Crippen molar-refractivity contribution in [3.63, 3.8) is 0 Å². The molecule has 0 fully saturated rings. The highest BCUT2D eigenvalue weighted by Crippen LogP contribution is 2.32. The molecule has 2 aromatic heterocycles. The van der Waals surface area contributed by atoms with E-state index in [4.69, 9.17) is 3.79 Å². The number of nitrogens with zero attached hydrogens (tertiary/aromatic N) is 4. The number of aryl methyl sites for hydroxylation is 1. The minimum Gasteiger partial charge on any atom is -0.640 e. The Labute approximate surface area is 150 Å². The van der Waals surface area contributed by atoms with Gasteiger partial charge in [0, 0.05) is 18.2 Å². The van der Waals surface area contributed by atoms with Crippen molar-refractivity contribution in [3.8, 4) is 17.4 Å². The van der Waals surface area contributed by atoms with E-state index in [0.717, 1.165) is 28.7 Å². The standard InChI is InChI=1S/C16H15F3N4O.Al/c1-2-6-13-20-14(10-22(13)11-7-4-3-5-8-11)23-15(24)9-12(21-23)16(17,18)19;/h3-5,7-10,24H,2,6H2,1H3;/q;+1/p-1. The number of imidazole rings is 1. The SMILES string of the molecule is CCCc1nc(-n2nc(C(F)(F)F)cc2[O][Al])cn1-c1ccccc1. The normalized spacial score (nSPS) is 11.7. The predicted octanol–water partition coefficient (Wildman–Crippen LogP) is 3.49. The second kappa shape index (κ2) is 6.94. The van der Waals surface area contributed by atoms with Crippen molar-refractivity contribution in [2.75, 3.05) is 0 Å². The summed E-state index contributed by atoms with van der Waals surface area (Å²) in [6.07, 6.45) is -1.37. The fraction of sp³-hybridized carbons (Fsp3) is 0.250. The molecule has 9 heteroatoms. The Morgan fingerprint density at radius 3 is 2.52 bits per heavy atom. The number of aromatic nitrogens is 4. The first-order valence-electron chi connectivity index (χ1n) is 7.62. The summed E-state index contributed by atoms with van der Waals surface area (Å²) in [6, 6.07) is 10.3. The summed E-state index contributed by atoms with van der Waals surface area (Å²) in [7, 11) is 0. The van der Waals surface area contributed by atoms with Crippen molar-refractivity contribution >= 4 is 16.6 Å². The molecule has 0 unspecified atom stereocenters. The van der Waals surface area contributed by atoms with E-state index in [1.165, 1.54) is 0 Å². The molecule has 0 aliphatic heterocycles. The van der Waals surface area contributed by atoms with Gasteiger partial charge in [0.2, 0.25) is 0 Å². The van der Waals surface area contributed by atoms with Gasteiger partial charge in [-0.05, 0) is 18.6 Å². The summed E-state index contributed by atoms with van der Waals surface area (Å²) < 4.78 is 46.7. The molecule has 0 saturated carbocycles. The number of halogens is 3. The number of hydrogen-bond acceptors (Lipinski definition) is 3. The molecule has 0 aliphatic rings. The lowest BCUT2D eigenvalue weighted by Crippen LogP contribution is -2.07. The van der Waals surface area contributed by atoms with E-state index >= 15 is 0 Å². The van der Waals surface area contributed by atoms with Crippen LogP contribution in [0.3, 0.4) is 0 Å². The highest BCUT2D eigenvalue weighted by atomic mass is 27.1. The van der Waals surface area contributed by atoms with E-state index in [0.29, 0.717) is 6.42 Å². The molecule has 0 N–H and O–H groups in total. The monoisotopic (exact) mass is 362 g/mol. The zero-order valence-corrected chi connectivity index (χ0v) is 14.5. The third kappa shape index (κ3) is 3.57. The summed E-state index contributed by atoms with van der Waals surface area (Å²) in [5, 5.41) is 3.61. The average molecular weight is 362 g/mol. The number of benzene rings is 1. The summed E-state index contributed by atoms with van der Waals surface area (Å²) in [6.45, 7) is 2.01.